The Kier molecular flexibility index (Phi) is 5.20. The standard InChI is InChI=1S/C19H25N3/c1-17(19-8-5-10-20-16-19)22-14-12-21(13-15-22)11-9-18-6-3-2-4-7-18/h2-8,10,16-17H,9,11-15H2,1H3. The average molecular weight is 295 g/mol. The minimum absolute atomic E-state index is 0.463. The number of hydrogen-bond acceptors (Lipinski definition) is 3. The lowest BCUT2D eigenvalue weighted by Gasteiger charge is -2.38. The zero-order valence-electron chi connectivity index (χ0n) is 13.4. The van der Waals surface area contributed by atoms with E-state index in [1.807, 2.05) is 18.5 Å². The molecule has 3 nitrogen and oxygen atoms in total. The first-order valence-corrected chi connectivity index (χ1v) is 8.23. The SMILES string of the molecule is CC(c1cccnc1)N1CCN(CCc2ccccc2)CC1. The Labute approximate surface area is 133 Å². The second kappa shape index (κ2) is 7.52. The summed E-state index contributed by atoms with van der Waals surface area (Å²) in [4.78, 5) is 9.39. The molecule has 0 N–H and O–H groups in total. The normalized spacial score (nSPS) is 18.2. The molecule has 1 aliphatic rings. The van der Waals surface area contributed by atoms with E-state index in [-0.39, 0.29) is 0 Å². The Morgan fingerprint density at radius 2 is 1.77 bits per heavy atom. The van der Waals surface area contributed by atoms with Crippen LogP contribution in [-0.4, -0.2) is 47.5 Å². The summed E-state index contributed by atoms with van der Waals surface area (Å²) in [5.74, 6) is 0. The van der Waals surface area contributed by atoms with Crippen LogP contribution in [0.4, 0.5) is 0 Å². The van der Waals surface area contributed by atoms with Crippen molar-refractivity contribution < 1.29 is 0 Å². The first-order valence-electron chi connectivity index (χ1n) is 8.23. The molecule has 0 radical (unpaired) electrons. The molecule has 22 heavy (non-hydrogen) atoms. The molecule has 1 aromatic heterocycles. The summed E-state index contributed by atoms with van der Waals surface area (Å²) in [6.45, 7) is 8.07. The van der Waals surface area contributed by atoms with Crippen molar-refractivity contribution in [3.05, 3.63) is 66.0 Å². The van der Waals surface area contributed by atoms with Gasteiger partial charge in [0.05, 0.1) is 0 Å². The van der Waals surface area contributed by atoms with E-state index < -0.39 is 0 Å². The highest BCUT2D eigenvalue weighted by Gasteiger charge is 2.21. The molecule has 3 heteroatoms. The van der Waals surface area contributed by atoms with Gasteiger partial charge in [0.25, 0.3) is 0 Å². The van der Waals surface area contributed by atoms with Gasteiger partial charge in [-0.1, -0.05) is 36.4 Å². The molecule has 0 aliphatic carbocycles. The van der Waals surface area contributed by atoms with Gasteiger partial charge in [0.15, 0.2) is 0 Å². The summed E-state index contributed by atoms with van der Waals surface area (Å²) in [5, 5.41) is 0. The zero-order valence-corrected chi connectivity index (χ0v) is 13.4. The molecule has 116 valence electrons. The van der Waals surface area contributed by atoms with Crippen LogP contribution in [0.3, 0.4) is 0 Å². The van der Waals surface area contributed by atoms with Gasteiger partial charge in [0, 0.05) is 51.2 Å². The van der Waals surface area contributed by atoms with E-state index in [4.69, 9.17) is 0 Å². The van der Waals surface area contributed by atoms with Crippen molar-refractivity contribution in [1.82, 2.24) is 14.8 Å². The van der Waals surface area contributed by atoms with Crippen LogP contribution in [-0.2, 0) is 6.42 Å². The number of aromatic nitrogens is 1. The summed E-state index contributed by atoms with van der Waals surface area (Å²) < 4.78 is 0. The van der Waals surface area contributed by atoms with Gasteiger partial charge in [-0.3, -0.25) is 9.88 Å². The Bertz CT molecular complexity index is 547. The molecular weight excluding hydrogens is 270 g/mol. The summed E-state index contributed by atoms with van der Waals surface area (Å²) in [5.41, 5.74) is 2.76. The maximum atomic E-state index is 4.24. The topological polar surface area (TPSA) is 19.4 Å². The van der Waals surface area contributed by atoms with E-state index >= 15 is 0 Å². The van der Waals surface area contributed by atoms with Crippen molar-refractivity contribution >= 4 is 0 Å². The van der Waals surface area contributed by atoms with Crippen molar-refractivity contribution in [2.24, 2.45) is 0 Å². The Morgan fingerprint density at radius 1 is 1.00 bits per heavy atom. The third kappa shape index (κ3) is 3.93. The molecule has 1 atom stereocenters. The molecule has 1 fully saturated rings. The minimum Gasteiger partial charge on any atom is -0.300 e. The molecular formula is C19H25N3. The molecule has 0 saturated carbocycles. The molecule has 1 aromatic carbocycles. The molecule has 1 aliphatic heterocycles. The Hall–Kier alpha value is -1.71. The zero-order chi connectivity index (χ0) is 15.2. The maximum absolute atomic E-state index is 4.24. The number of piperazine rings is 1. The highest BCUT2D eigenvalue weighted by Crippen LogP contribution is 2.20. The quantitative estimate of drug-likeness (QED) is 0.845. The number of pyridine rings is 1. The summed E-state index contributed by atoms with van der Waals surface area (Å²) in [6, 6.07) is 15.5. The highest BCUT2D eigenvalue weighted by atomic mass is 15.3. The van der Waals surface area contributed by atoms with E-state index in [0.717, 1.165) is 32.6 Å². The molecule has 2 heterocycles. The average Bonchev–Trinajstić information content (AvgIpc) is 2.61. The lowest BCUT2D eigenvalue weighted by molar-refractivity contribution is 0.103. The van der Waals surface area contributed by atoms with Crippen molar-refractivity contribution in [2.75, 3.05) is 32.7 Å². The second-order valence-electron chi connectivity index (χ2n) is 6.08. The highest BCUT2D eigenvalue weighted by molar-refractivity contribution is 5.15. The van der Waals surface area contributed by atoms with Crippen LogP contribution in [0.5, 0.6) is 0 Å². The number of rotatable bonds is 5. The van der Waals surface area contributed by atoms with E-state index in [0.29, 0.717) is 6.04 Å². The van der Waals surface area contributed by atoms with Gasteiger partial charge >= 0.3 is 0 Å². The van der Waals surface area contributed by atoms with E-state index in [9.17, 15) is 0 Å². The van der Waals surface area contributed by atoms with Gasteiger partial charge < -0.3 is 4.90 Å². The lowest BCUT2D eigenvalue weighted by Crippen LogP contribution is -2.47. The second-order valence-corrected chi connectivity index (χ2v) is 6.08. The van der Waals surface area contributed by atoms with Gasteiger partial charge in [-0.15, -0.1) is 0 Å². The number of nitrogens with zero attached hydrogens (tertiary/aromatic N) is 3. The third-order valence-corrected chi connectivity index (χ3v) is 4.68. The van der Waals surface area contributed by atoms with Crippen molar-refractivity contribution in [1.29, 1.82) is 0 Å². The first-order chi connectivity index (χ1) is 10.8. The van der Waals surface area contributed by atoms with E-state index in [1.165, 1.54) is 17.7 Å². The maximum Gasteiger partial charge on any atom is 0.0336 e. The summed E-state index contributed by atoms with van der Waals surface area (Å²) in [7, 11) is 0. The fraction of sp³-hybridized carbons (Fsp3) is 0.421. The van der Waals surface area contributed by atoms with Crippen molar-refractivity contribution in [3.8, 4) is 0 Å². The van der Waals surface area contributed by atoms with E-state index in [2.05, 4.69) is 58.1 Å². The molecule has 0 bridgehead atoms. The Balaban J connectivity index is 1.46. The van der Waals surface area contributed by atoms with Gasteiger partial charge in [0.1, 0.15) is 0 Å². The van der Waals surface area contributed by atoms with Gasteiger partial charge in [-0.25, -0.2) is 0 Å². The van der Waals surface area contributed by atoms with Crippen LogP contribution in [0, 0.1) is 0 Å². The van der Waals surface area contributed by atoms with Crippen molar-refractivity contribution in [2.45, 2.75) is 19.4 Å². The number of benzene rings is 1. The van der Waals surface area contributed by atoms with Crippen LogP contribution in [0.15, 0.2) is 54.9 Å². The third-order valence-electron chi connectivity index (χ3n) is 4.68. The molecule has 1 unspecified atom stereocenters. The molecule has 0 spiro atoms. The largest absolute Gasteiger partial charge is 0.300 e. The summed E-state index contributed by atoms with van der Waals surface area (Å²) >= 11 is 0. The lowest BCUT2D eigenvalue weighted by atomic mass is 10.1. The molecule has 0 amide bonds. The predicted molar refractivity (Wildman–Crippen MR) is 90.8 cm³/mol. The van der Waals surface area contributed by atoms with Crippen LogP contribution in [0.1, 0.15) is 24.1 Å². The fourth-order valence-corrected chi connectivity index (χ4v) is 3.14. The fourth-order valence-electron chi connectivity index (χ4n) is 3.14. The monoisotopic (exact) mass is 295 g/mol. The number of hydrogen-bond donors (Lipinski definition) is 0. The van der Waals surface area contributed by atoms with Gasteiger partial charge in [0.2, 0.25) is 0 Å². The molecule has 3 rings (SSSR count). The van der Waals surface area contributed by atoms with Crippen LogP contribution in [0.2, 0.25) is 0 Å². The van der Waals surface area contributed by atoms with Gasteiger partial charge in [-0.05, 0) is 30.5 Å². The first kappa shape index (κ1) is 15.2. The van der Waals surface area contributed by atoms with Crippen molar-refractivity contribution in [3.63, 3.8) is 0 Å². The molecule has 2 aromatic rings. The molecule has 1 saturated heterocycles. The minimum atomic E-state index is 0.463. The van der Waals surface area contributed by atoms with E-state index in [1.54, 1.807) is 0 Å². The van der Waals surface area contributed by atoms with Crippen LogP contribution in [0.25, 0.3) is 0 Å². The predicted octanol–water partition coefficient (Wildman–Crippen LogP) is 3.00. The Morgan fingerprint density at radius 3 is 2.45 bits per heavy atom. The van der Waals surface area contributed by atoms with Gasteiger partial charge in [-0.2, -0.15) is 0 Å². The van der Waals surface area contributed by atoms with Crippen LogP contribution < -0.4 is 0 Å². The van der Waals surface area contributed by atoms with Crippen LogP contribution >= 0.6 is 0 Å². The smallest absolute Gasteiger partial charge is 0.0336 e. The summed E-state index contributed by atoms with van der Waals surface area (Å²) in [6.07, 6.45) is 4.99.